The van der Waals surface area contributed by atoms with E-state index in [1.165, 1.54) is 51.7 Å². The third-order valence-corrected chi connectivity index (χ3v) is 3.13. The van der Waals surface area contributed by atoms with Crippen LogP contribution in [0.5, 0.6) is 28.7 Å². The number of ketones is 1. The highest BCUT2D eigenvalue weighted by atomic mass is 16.5. The Hall–Kier alpha value is -2.89. The minimum atomic E-state index is -0.370. The lowest BCUT2D eigenvalue weighted by Gasteiger charge is -2.11. The third-order valence-electron chi connectivity index (χ3n) is 3.13. The smallest absolute Gasteiger partial charge is 0.200 e. The summed E-state index contributed by atoms with van der Waals surface area (Å²) in [6, 6.07) is 7.03. The Kier molecular flexibility index (Phi) is 4.41. The minimum Gasteiger partial charge on any atom is -0.508 e. The highest BCUT2D eigenvalue weighted by Crippen LogP contribution is 2.38. The first-order valence-electron chi connectivity index (χ1n) is 6.38. The molecule has 2 aromatic carbocycles. The molecule has 116 valence electrons. The zero-order valence-corrected chi connectivity index (χ0v) is 12.4. The molecule has 0 spiro atoms. The summed E-state index contributed by atoms with van der Waals surface area (Å²) in [5.41, 5.74) is 0.491. The van der Waals surface area contributed by atoms with E-state index in [1.54, 1.807) is 0 Å². The largest absolute Gasteiger partial charge is 0.508 e. The van der Waals surface area contributed by atoms with Crippen molar-refractivity contribution in [2.75, 3.05) is 21.3 Å². The van der Waals surface area contributed by atoms with Gasteiger partial charge in [-0.15, -0.1) is 0 Å². The SMILES string of the molecule is COc1cc(O)cc(C(=O)c2cc(OC)c(O)c(OC)c2)c1. The molecule has 2 aromatic rings. The van der Waals surface area contributed by atoms with Crippen molar-refractivity contribution in [3.63, 3.8) is 0 Å². The van der Waals surface area contributed by atoms with Crippen molar-refractivity contribution in [3.05, 3.63) is 41.5 Å². The van der Waals surface area contributed by atoms with Gasteiger partial charge in [-0.25, -0.2) is 0 Å². The van der Waals surface area contributed by atoms with Crippen LogP contribution in [0.1, 0.15) is 15.9 Å². The summed E-state index contributed by atoms with van der Waals surface area (Å²) in [6.45, 7) is 0. The van der Waals surface area contributed by atoms with Gasteiger partial charge in [-0.3, -0.25) is 4.79 Å². The monoisotopic (exact) mass is 304 g/mol. The Balaban J connectivity index is 2.51. The van der Waals surface area contributed by atoms with E-state index in [0.717, 1.165) is 0 Å². The molecule has 0 heterocycles. The lowest BCUT2D eigenvalue weighted by molar-refractivity contribution is 0.103. The third kappa shape index (κ3) is 2.90. The van der Waals surface area contributed by atoms with Gasteiger partial charge in [0, 0.05) is 17.2 Å². The van der Waals surface area contributed by atoms with Gasteiger partial charge in [0.25, 0.3) is 0 Å². The Labute approximate surface area is 127 Å². The van der Waals surface area contributed by atoms with Crippen LogP contribution in [0.25, 0.3) is 0 Å². The van der Waals surface area contributed by atoms with Crippen molar-refractivity contribution < 1.29 is 29.2 Å². The van der Waals surface area contributed by atoms with E-state index in [4.69, 9.17) is 14.2 Å². The highest BCUT2D eigenvalue weighted by molar-refractivity contribution is 6.10. The number of rotatable bonds is 5. The molecule has 6 heteroatoms. The number of methoxy groups -OCH3 is 3. The zero-order valence-electron chi connectivity index (χ0n) is 12.4. The van der Waals surface area contributed by atoms with Crippen LogP contribution < -0.4 is 14.2 Å². The van der Waals surface area contributed by atoms with Crippen LogP contribution in [0.2, 0.25) is 0 Å². The number of phenols is 2. The second-order valence-corrected chi connectivity index (χ2v) is 4.48. The molecule has 0 radical (unpaired) electrons. The minimum absolute atomic E-state index is 0.0830. The second-order valence-electron chi connectivity index (χ2n) is 4.48. The number of hydrogen-bond acceptors (Lipinski definition) is 6. The molecule has 0 fully saturated rings. The second kappa shape index (κ2) is 6.26. The molecular weight excluding hydrogens is 288 g/mol. The van der Waals surface area contributed by atoms with Crippen molar-refractivity contribution in [3.8, 4) is 28.7 Å². The molecule has 0 amide bonds. The van der Waals surface area contributed by atoms with Crippen LogP contribution in [0, 0.1) is 0 Å². The first kappa shape index (κ1) is 15.5. The van der Waals surface area contributed by atoms with E-state index in [1.807, 2.05) is 0 Å². The van der Waals surface area contributed by atoms with Gasteiger partial charge >= 0.3 is 0 Å². The van der Waals surface area contributed by atoms with Gasteiger partial charge in [0.05, 0.1) is 21.3 Å². The summed E-state index contributed by atoms with van der Waals surface area (Å²) in [5.74, 6) is -0.0352. The number of phenolic OH excluding ortho intramolecular Hbond substituents is 2. The molecule has 0 saturated carbocycles. The molecule has 2 rings (SSSR count). The predicted molar refractivity (Wildman–Crippen MR) is 79.3 cm³/mol. The normalized spacial score (nSPS) is 10.1. The van der Waals surface area contributed by atoms with E-state index in [9.17, 15) is 15.0 Å². The fourth-order valence-electron chi connectivity index (χ4n) is 2.02. The lowest BCUT2D eigenvalue weighted by Crippen LogP contribution is -2.03. The number of carbonyl (C=O) groups is 1. The quantitative estimate of drug-likeness (QED) is 0.825. The molecule has 2 N–H and O–H groups in total. The van der Waals surface area contributed by atoms with E-state index < -0.39 is 0 Å². The van der Waals surface area contributed by atoms with Gasteiger partial charge in [0.15, 0.2) is 17.3 Å². The molecule has 0 bridgehead atoms. The number of aromatic hydroxyl groups is 2. The van der Waals surface area contributed by atoms with E-state index in [0.29, 0.717) is 5.75 Å². The molecule has 0 saturated heterocycles. The van der Waals surface area contributed by atoms with Crippen LogP contribution in [0.3, 0.4) is 0 Å². The number of hydrogen-bond donors (Lipinski definition) is 2. The van der Waals surface area contributed by atoms with Crippen LogP contribution in [-0.4, -0.2) is 37.3 Å². The number of carbonyl (C=O) groups excluding carboxylic acids is 1. The summed E-state index contributed by atoms with van der Waals surface area (Å²) < 4.78 is 15.1. The summed E-state index contributed by atoms with van der Waals surface area (Å²) in [6.07, 6.45) is 0. The fraction of sp³-hybridized carbons (Fsp3) is 0.188. The van der Waals surface area contributed by atoms with Gasteiger partial charge in [-0.1, -0.05) is 0 Å². The summed E-state index contributed by atoms with van der Waals surface area (Å²) in [7, 11) is 4.19. The number of ether oxygens (including phenoxy) is 3. The maximum atomic E-state index is 12.6. The Morgan fingerprint density at radius 3 is 1.86 bits per heavy atom. The zero-order chi connectivity index (χ0) is 16.3. The van der Waals surface area contributed by atoms with Crippen molar-refractivity contribution >= 4 is 5.78 Å². The maximum absolute atomic E-state index is 12.6. The van der Waals surface area contributed by atoms with E-state index in [2.05, 4.69) is 0 Å². The Morgan fingerprint density at radius 1 is 0.818 bits per heavy atom. The van der Waals surface area contributed by atoms with Crippen molar-refractivity contribution in [2.45, 2.75) is 0 Å². The Morgan fingerprint density at radius 2 is 1.36 bits per heavy atom. The van der Waals surface area contributed by atoms with Gasteiger partial charge in [-0.05, 0) is 24.3 Å². The first-order valence-corrected chi connectivity index (χ1v) is 6.38. The van der Waals surface area contributed by atoms with Crippen LogP contribution >= 0.6 is 0 Å². The predicted octanol–water partition coefficient (Wildman–Crippen LogP) is 2.35. The molecule has 0 atom stereocenters. The molecule has 0 aromatic heterocycles. The Bertz CT molecular complexity index is 683. The van der Waals surface area contributed by atoms with Gasteiger partial charge in [0.1, 0.15) is 11.5 Å². The maximum Gasteiger partial charge on any atom is 0.200 e. The highest BCUT2D eigenvalue weighted by Gasteiger charge is 2.18. The van der Waals surface area contributed by atoms with E-state index >= 15 is 0 Å². The van der Waals surface area contributed by atoms with Crippen molar-refractivity contribution in [1.29, 1.82) is 0 Å². The lowest BCUT2D eigenvalue weighted by atomic mass is 10.0. The standard InChI is InChI=1S/C16H16O6/c1-20-12-5-9(4-11(17)8-12)15(18)10-6-13(21-2)16(19)14(7-10)22-3/h4-8,17,19H,1-3H3. The van der Waals surface area contributed by atoms with Crippen LogP contribution in [-0.2, 0) is 0 Å². The van der Waals surface area contributed by atoms with Crippen LogP contribution in [0.4, 0.5) is 0 Å². The molecular formula is C16H16O6. The van der Waals surface area contributed by atoms with Crippen molar-refractivity contribution in [2.24, 2.45) is 0 Å². The molecule has 0 unspecified atom stereocenters. The molecule has 0 aliphatic heterocycles. The van der Waals surface area contributed by atoms with Gasteiger partial charge in [0.2, 0.25) is 5.75 Å². The summed E-state index contributed by atoms with van der Waals surface area (Å²) in [5, 5.41) is 19.5. The molecule has 6 nitrogen and oxygen atoms in total. The molecule has 22 heavy (non-hydrogen) atoms. The molecule has 0 aliphatic rings. The fourth-order valence-corrected chi connectivity index (χ4v) is 2.02. The van der Waals surface area contributed by atoms with Crippen molar-refractivity contribution in [1.82, 2.24) is 0 Å². The summed E-state index contributed by atoms with van der Waals surface area (Å²) in [4.78, 5) is 12.6. The topological polar surface area (TPSA) is 85.2 Å². The number of benzene rings is 2. The van der Waals surface area contributed by atoms with Crippen LogP contribution in [0.15, 0.2) is 30.3 Å². The first-order chi connectivity index (χ1) is 10.5. The van der Waals surface area contributed by atoms with Gasteiger partial charge in [-0.2, -0.15) is 0 Å². The molecule has 0 aliphatic carbocycles. The average molecular weight is 304 g/mol. The summed E-state index contributed by atoms with van der Waals surface area (Å²) >= 11 is 0. The average Bonchev–Trinajstić information content (AvgIpc) is 2.53. The van der Waals surface area contributed by atoms with E-state index in [-0.39, 0.29) is 39.9 Å². The van der Waals surface area contributed by atoms with Gasteiger partial charge < -0.3 is 24.4 Å².